The molecule has 6 nitrogen and oxygen atoms in total. The van der Waals surface area contributed by atoms with Gasteiger partial charge in [0, 0.05) is 43.7 Å². The summed E-state index contributed by atoms with van der Waals surface area (Å²) < 4.78 is 43.8. The van der Waals surface area contributed by atoms with Crippen LogP contribution in [0, 0.1) is 0 Å². The molecule has 174 valence electrons. The van der Waals surface area contributed by atoms with Crippen molar-refractivity contribution in [3.63, 3.8) is 0 Å². The minimum absolute atomic E-state index is 0.0176. The Morgan fingerprint density at radius 3 is 2.48 bits per heavy atom. The van der Waals surface area contributed by atoms with Gasteiger partial charge in [0.25, 0.3) is 0 Å². The fourth-order valence-corrected chi connectivity index (χ4v) is 3.86. The van der Waals surface area contributed by atoms with Crippen LogP contribution in [0.15, 0.2) is 59.3 Å². The van der Waals surface area contributed by atoms with E-state index in [1.165, 1.54) is 6.07 Å². The van der Waals surface area contributed by atoms with Crippen LogP contribution >= 0.6 is 0 Å². The zero-order valence-electron chi connectivity index (χ0n) is 18.0. The fraction of sp³-hybridized carbons (Fsp3) is 0.375. The lowest BCUT2D eigenvalue weighted by Crippen LogP contribution is -2.44. The van der Waals surface area contributed by atoms with Crippen molar-refractivity contribution < 1.29 is 22.4 Å². The van der Waals surface area contributed by atoms with E-state index in [1.807, 2.05) is 35.2 Å². The highest BCUT2D eigenvalue weighted by Crippen LogP contribution is 2.30. The molecule has 0 spiro atoms. The zero-order chi connectivity index (χ0) is 23.3. The molecule has 9 heteroatoms. The van der Waals surface area contributed by atoms with E-state index in [9.17, 15) is 18.0 Å². The molecule has 3 heterocycles. The second-order valence-electron chi connectivity index (χ2n) is 8.07. The van der Waals surface area contributed by atoms with Crippen molar-refractivity contribution in [3.05, 3.63) is 66.3 Å². The van der Waals surface area contributed by atoms with Crippen LogP contribution in [0.25, 0.3) is 11.3 Å². The Labute approximate surface area is 189 Å². The first kappa shape index (κ1) is 22.8. The van der Waals surface area contributed by atoms with Crippen LogP contribution in [0.1, 0.15) is 37.1 Å². The predicted molar refractivity (Wildman–Crippen MR) is 117 cm³/mol. The largest absolute Gasteiger partial charge is 0.441 e. The highest BCUT2D eigenvalue weighted by molar-refractivity contribution is 5.76. The normalized spacial score (nSPS) is 14.9. The molecule has 2 aromatic heterocycles. The highest BCUT2D eigenvalue weighted by atomic mass is 19.4. The third-order valence-electron chi connectivity index (χ3n) is 5.67. The molecule has 0 bridgehead atoms. The minimum atomic E-state index is -4.39. The standard InChI is InChI=1S/C24H25F3N4O2/c25-24(26,27)18-9-10-21(28-15-18)31-13-11-19(12-14-31)30-22(32)7-4-8-23-29-16-20(33-23)17-5-2-1-3-6-17/h1-3,5-6,9-10,15-16,19H,4,7-8,11-14H2,(H,30,32). The molecule has 0 radical (unpaired) electrons. The van der Waals surface area contributed by atoms with Crippen molar-refractivity contribution in [1.29, 1.82) is 0 Å². The summed E-state index contributed by atoms with van der Waals surface area (Å²) in [6.07, 6.45) is 1.20. The monoisotopic (exact) mass is 458 g/mol. The number of anilines is 1. The molecular formula is C24H25F3N4O2. The van der Waals surface area contributed by atoms with Gasteiger partial charge in [-0.25, -0.2) is 9.97 Å². The average Bonchev–Trinajstić information content (AvgIpc) is 3.29. The molecule has 1 aliphatic heterocycles. The Balaban J connectivity index is 1.17. The van der Waals surface area contributed by atoms with Crippen molar-refractivity contribution in [2.24, 2.45) is 0 Å². The van der Waals surface area contributed by atoms with Gasteiger partial charge in [0.15, 0.2) is 11.7 Å². The van der Waals surface area contributed by atoms with E-state index in [0.29, 0.717) is 62.7 Å². The van der Waals surface area contributed by atoms with E-state index < -0.39 is 11.7 Å². The van der Waals surface area contributed by atoms with Gasteiger partial charge in [0.1, 0.15) is 5.82 Å². The van der Waals surface area contributed by atoms with Crippen molar-refractivity contribution in [1.82, 2.24) is 15.3 Å². The number of oxazole rings is 1. The molecule has 1 aliphatic rings. The van der Waals surface area contributed by atoms with Crippen molar-refractivity contribution in [3.8, 4) is 11.3 Å². The lowest BCUT2D eigenvalue weighted by Gasteiger charge is -2.33. The molecule has 3 aromatic rings. The van der Waals surface area contributed by atoms with Gasteiger partial charge in [0.2, 0.25) is 5.91 Å². The number of rotatable bonds is 7. The number of carbonyl (C=O) groups is 1. The first-order valence-electron chi connectivity index (χ1n) is 11.0. The zero-order valence-corrected chi connectivity index (χ0v) is 18.0. The van der Waals surface area contributed by atoms with Crippen LogP contribution in [0.3, 0.4) is 0 Å². The number of piperidine rings is 1. The summed E-state index contributed by atoms with van der Waals surface area (Å²) in [7, 11) is 0. The molecule has 1 saturated heterocycles. The second kappa shape index (κ2) is 10.1. The number of carbonyl (C=O) groups excluding carboxylic acids is 1. The predicted octanol–water partition coefficient (Wildman–Crippen LogP) is 4.86. The molecular weight excluding hydrogens is 433 g/mol. The quantitative estimate of drug-likeness (QED) is 0.547. The van der Waals surface area contributed by atoms with Crippen LogP contribution in [0.5, 0.6) is 0 Å². The fourth-order valence-electron chi connectivity index (χ4n) is 3.86. The number of pyridine rings is 1. The van der Waals surface area contributed by atoms with Crippen LogP contribution in [-0.4, -0.2) is 35.0 Å². The summed E-state index contributed by atoms with van der Waals surface area (Å²) in [4.78, 5) is 22.5. The maximum Gasteiger partial charge on any atom is 0.417 e. The van der Waals surface area contributed by atoms with E-state index in [1.54, 1.807) is 6.20 Å². The Bertz CT molecular complexity index is 1040. The Hall–Kier alpha value is -3.36. The maximum absolute atomic E-state index is 12.7. The summed E-state index contributed by atoms with van der Waals surface area (Å²) in [6.45, 7) is 1.25. The van der Waals surface area contributed by atoms with Crippen molar-refractivity contribution in [2.75, 3.05) is 18.0 Å². The average molecular weight is 458 g/mol. The minimum Gasteiger partial charge on any atom is -0.441 e. The number of hydrogen-bond acceptors (Lipinski definition) is 5. The SMILES string of the molecule is O=C(CCCc1ncc(-c2ccccc2)o1)NC1CCN(c2ccc(C(F)(F)F)cn2)CC1. The summed E-state index contributed by atoms with van der Waals surface area (Å²) >= 11 is 0. The lowest BCUT2D eigenvalue weighted by atomic mass is 10.0. The maximum atomic E-state index is 12.7. The summed E-state index contributed by atoms with van der Waals surface area (Å²) in [5.74, 6) is 1.83. The number of nitrogens with zero attached hydrogens (tertiary/aromatic N) is 3. The van der Waals surface area contributed by atoms with Crippen molar-refractivity contribution in [2.45, 2.75) is 44.3 Å². The summed E-state index contributed by atoms with van der Waals surface area (Å²) in [6, 6.07) is 12.2. The van der Waals surface area contributed by atoms with E-state index in [2.05, 4.69) is 15.3 Å². The number of aryl methyl sites for hydroxylation is 1. The van der Waals surface area contributed by atoms with Gasteiger partial charge in [-0.2, -0.15) is 13.2 Å². The number of alkyl halides is 3. The number of nitrogens with one attached hydrogen (secondary N) is 1. The number of halogens is 3. The van der Waals surface area contributed by atoms with E-state index in [-0.39, 0.29) is 11.9 Å². The van der Waals surface area contributed by atoms with Gasteiger partial charge in [0.05, 0.1) is 11.8 Å². The lowest BCUT2D eigenvalue weighted by molar-refractivity contribution is -0.137. The summed E-state index contributed by atoms with van der Waals surface area (Å²) in [5, 5.41) is 3.05. The molecule has 33 heavy (non-hydrogen) atoms. The van der Waals surface area contributed by atoms with Gasteiger partial charge < -0.3 is 14.6 Å². The molecule has 0 saturated carbocycles. The van der Waals surface area contributed by atoms with Gasteiger partial charge in [-0.05, 0) is 31.4 Å². The Kier molecular flexibility index (Phi) is 6.96. The molecule has 1 amide bonds. The molecule has 1 N–H and O–H groups in total. The first-order valence-corrected chi connectivity index (χ1v) is 11.0. The molecule has 0 aliphatic carbocycles. The topological polar surface area (TPSA) is 71.3 Å². The molecule has 4 rings (SSSR count). The van der Waals surface area contributed by atoms with E-state index >= 15 is 0 Å². The van der Waals surface area contributed by atoms with Gasteiger partial charge in [-0.15, -0.1) is 0 Å². The number of aromatic nitrogens is 2. The number of benzene rings is 1. The van der Waals surface area contributed by atoms with Gasteiger partial charge in [-0.3, -0.25) is 4.79 Å². The number of hydrogen-bond donors (Lipinski definition) is 1. The number of amides is 1. The van der Waals surface area contributed by atoms with E-state index in [0.717, 1.165) is 17.8 Å². The highest BCUT2D eigenvalue weighted by Gasteiger charge is 2.31. The smallest absolute Gasteiger partial charge is 0.417 e. The molecule has 0 atom stereocenters. The van der Waals surface area contributed by atoms with Gasteiger partial charge in [-0.1, -0.05) is 30.3 Å². The van der Waals surface area contributed by atoms with Crippen LogP contribution in [0.2, 0.25) is 0 Å². The van der Waals surface area contributed by atoms with Crippen LogP contribution < -0.4 is 10.2 Å². The Morgan fingerprint density at radius 2 is 1.82 bits per heavy atom. The van der Waals surface area contributed by atoms with Gasteiger partial charge >= 0.3 is 6.18 Å². The van der Waals surface area contributed by atoms with Crippen LogP contribution in [-0.2, 0) is 17.4 Å². The second-order valence-corrected chi connectivity index (χ2v) is 8.07. The van der Waals surface area contributed by atoms with Crippen molar-refractivity contribution >= 4 is 11.7 Å². The van der Waals surface area contributed by atoms with E-state index in [4.69, 9.17) is 4.42 Å². The summed E-state index contributed by atoms with van der Waals surface area (Å²) in [5.41, 5.74) is 0.210. The Morgan fingerprint density at radius 1 is 1.06 bits per heavy atom. The third kappa shape index (κ3) is 6.12. The molecule has 1 aromatic carbocycles. The third-order valence-corrected chi connectivity index (χ3v) is 5.67. The molecule has 0 unspecified atom stereocenters. The molecule has 1 fully saturated rings. The van der Waals surface area contributed by atoms with Crippen LogP contribution in [0.4, 0.5) is 19.0 Å². The first-order chi connectivity index (χ1) is 15.9.